The topological polar surface area (TPSA) is 88.5 Å². The first-order valence-corrected chi connectivity index (χ1v) is 8.26. The largest absolute Gasteiger partial charge is 0.347 e. The van der Waals surface area contributed by atoms with E-state index in [1.165, 1.54) is 0 Å². The highest BCUT2D eigenvalue weighted by Gasteiger charge is 2.12. The summed E-state index contributed by atoms with van der Waals surface area (Å²) < 4.78 is 1.80. The molecule has 130 valence electrons. The number of amides is 1. The van der Waals surface area contributed by atoms with E-state index in [2.05, 4.69) is 25.6 Å². The number of hydrogen-bond acceptors (Lipinski definition) is 4. The van der Waals surface area contributed by atoms with Crippen LogP contribution in [-0.2, 0) is 6.54 Å². The van der Waals surface area contributed by atoms with Gasteiger partial charge >= 0.3 is 0 Å². The molecule has 0 aromatic carbocycles. The standard InChI is InChI=1S/C18H22N6O/c1-11(2)15-8-16(22-21-15)18(25)20-10-14-5-6-17(19-9-14)24-13(4)7-12(3)23-24/h5-9,11H,10H2,1-4H3,(H,20,25)(H,21,22). The molecule has 0 aliphatic heterocycles. The van der Waals surface area contributed by atoms with Crippen molar-refractivity contribution in [3.05, 3.63) is 58.8 Å². The summed E-state index contributed by atoms with van der Waals surface area (Å²) in [4.78, 5) is 16.6. The number of aryl methyl sites for hydroxylation is 2. The minimum Gasteiger partial charge on any atom is -0.347 e. The van der Waals surface area contributed by atoms with Gasteiger partial charge in [-0.25, -0.2) is 9.67 Å². The number of nitrogens with zero attached hydrogens (tertiary/aromatic N) is 4. The zero-order chi connectivity index (χ0) is 18.0. The molecule has 2 N–H and O–H groups in total. The molecule has 1 amide bonds. The van der Waals surface area contributed by atoms with Gasteiger partial charge in [-0.05, 0) is 43.5 Å². The van der Waals surface area contributed by atoms with E-state index < -0.39 is 0 Å². The first kappa shape index (κ1) is 16.9. The van der Waals surface area contributed by atoms with Gasteiger partial charge in [-0.1, -0.05) is 19.9 Å². The number of pyridine rings is 1. The summed E-state index contributed by atoms with van der Waals surface area (Å²) in [6.07, 6.45) is 1.75. The lowest BCUT2D eigenvalue weighted by atomic mass is 10.1. The van der Waals surface area contributed by atoms with Crippen molar-refractivity contribution in [3.8, 4) is 5.82 Å². The van der Waals surface area contributed by atoms with Crippen LogP contribution >= 0.6 is 0 Å². The molecule has 0 radical (unpaired) electrons. The number of rotatable bonds is 5. The molecule has 0 atom stereocenters. The van der Waals surface area contributed by atoms with Crippen molar-refractivity contribution in [3.63, 3.8) is 0 Å². The van der Waals surface area contributed by atoms with Crippen LogP contribution < -0.4 is 5.32 Å². The summed E-state index contributed by atoms with van der Waals surface area (Å²) in [6.45, 7) is 8.43. The zero-order valence-electron chi connectivity index (χ0n) is 14.9. The van der Waals surface area contributed by atoms with Gasteiger partial charge in [-0.2, -0.15) is 10.2 Å². The molecule has 25 heavy (non-hydrogen) atoms. The summed E-state index contributed by atoms with van der Waals surface area (Å²) in [5.74, 6) is 0.862. The number of H-pyrrole nitrogens is 1. The lowest BCUT2D eigenvalue weighted by molar-refractivity contribution is 0.0946. The Morgan fingerprint density at radius 3 is 2.64 bits per heavy atom. The minimum absolute atomic E-state index is 0.203. The van der Waals surface area contributed by atoms with Crippen LogP contribution in [0.1, 0.15) is 52.9 Å². The van der Waals surface area contributed by atoms with Crippen molar-refractivity contribution in [1.82, 2.24) is 30.3 Å². The van der Waals surface area contributed by atoms with E-state index in [-0.39, 0.29) is 5.91 Å². The predicted molar refractivity (Wildman–Crippen MR) is 94.7 cm³/mol. The van der Waals surface area contributed by atoms with Crippen LogP contribution in [0.15, 0.2) is 30.5 Å². The summed E-state index contributed by atoms with van der Waals surface area (Å²) in [5.41, 5.74) is 4.25. The highest BCUT2D eigenvalue weighted by Crippen LogP contribution is 2.12. The van der Waals surface area contributed by atoms with Gasteiger partial charge in [0.1, 0.15) is 5.69 Å². The SMILES string of the molecule is Cc1cc(C)n(-c2ccc(CNC(=O)c3cc(C(C)C)[nH]n3)cn2)n1. The van der Waals surface area contributed by atoms with Gasteiger partial charge in [0.05, 0.1) is 5.69 Å². The highest BCUT2D eigenvalue weighted by atomic mass is 16.1. The normalized spacial score (nSPS) is 11.1. The molecule has 3 heterocycles. The molecule has 3 aromatic rings. The highest BCUT2D eigenvalue weighted by molar-refractivity contribution is 5.92. The molecule has 0 unspecified atom stereocenters. The van der Waals surface area contributed by atoms with E-state index in [4.69, 9.17) is 0 Å². The number of hydrogen-bond donors (Lipinski definition) is 2. The van der Waals surface area contributed by atoms with E-state index in [0.29, 0.717) is 18.2 Å². The van der Waals surface area contributed by atoms with Gasteiger partial charge in [0.15, 0.2) is 5.82 Å². The van der Waals surface area contributed by atoms with Gasteiger partial charge < -0.3 is 5.32 Å². The van der Waals surface area contributed by atoms with Crippen molar-refractivity contribution < 1.29 is 4.79 Å². The molecular weight excluding hydrogens is 316 g/mol. The molecule has 0 spiro atoms. The van der Waals surface area contributed by atoms with Gasteiger partial charge in [0.2, 0.25) is 0 Å². The van der Waals surface area contributed by atoms with E-state index in [0.717, 1.165) is 28.5 Å². The van der Waals surface area contributed by atoms with Crippen LogP contribution in [0.4, 0.5) is 0 Å². The molecule has 0 saturated carbocycles. The summed E-state index contributed by atoms with van der Waals surface area (Å²) in [6, 6.07) is 7.62. The maximum atomic E-state index is 12.2. The Kier molecular flexibility index (Phi) is 4.65. The molecule has 0 fully saturated rings. The van der Waals surface area contributed by atoms with Crippen LogP contribution in [0.3, 0.4) is 0 Å². The molecule has 0 bridgehead atoms. The lowest BCUT2D eigenvalue weighted by Crippen LogP contribution is -2.23. The summed E-state index contributed by atoms with van der Waals surface area (Å²) in [7, 11) is 0. The second-order valence-electron chi connectivity index (χ2n) is 6.41. The van der Waals surface area contributed by atoms with Crippen molar-refractivity contribution >= 4 is 5.91 Å². The van der Waals surface area contributed by atoms with E-state index in [1.54, 1.807) is 16.9 Å². The van der Waals surface area contributed by atoms with E-state index >= 15 is 0 Å². The van der Waals surface area contributed by atoms with Crippen molar-refractivity contribution in [2.75, 3.05) is 0 Å². The van der Waals surface area contributed by atoms with Crippen LogP contribution in [0.5, 0.6) is 0 Å². The summed E-state index contributed by atoms with van der Waals surface area (Å²) in [5, 5.41) is 14.2. The third-order valence-corrected chi connectivity index (χ3v) is 3.94. The number of nitrogens with one attached hydrogen (secondary N) is 2. The molecular formula is C18H22N6O. The van der Waals surface area contributed by atoms with E-state index in [9.17, 15) is 4.79 Å². The fourth-order valence-corrected chi connectivity index (χ4v) is 2.53. The van der Waals surface area contributed by atoms with Crippen molar-refractivity contribution in [2.24, 2.45) is 0 Å². The van der Waals surface area contributed by atoms with Crippen LogP contribution in [0, 0.1) is 13.8 Å². The van der Waals surface area contributed by atoms with Crippen molar-refractivity contribution in [1.29, 1.82) is 0 Å². The number of carbonyl (C=O) groups is 1. The molecule has 3 rings (SSSR count). The monoisotopic (exact) mass is 338 g/mol. The lowest BCUT2D eigenvalue weighted by Gasteiger charge is -2.06. The van der Waals surface area contributed by atoms with Gasteiger partial charge in [-0.3, -0.25) is 9.89 Å². The number of aromatic nitrogens is 5. The smallest absolute Gasteiger partial charge is 0.272 e. The van der Waals surface area contributed by atoms with Gasteiger partial charge in [-0.15, -0.1) is 0 Å². The number of aromatic amines is 1. The average Bonchev–Trinajstić information content (AvgIpc) is 3.20. The maximum Gasteiger partial charge on any atom is 0.272 e. The maximum absolute atomic E-state index is 12.2. The molecule has 7 heteroatoms. The van der Waals surface area contributed by atoms with Crippen molar-refractivity contribution in [2.45, 2.75) is 40.2 Å². The molecule has 0 saturated heterocycles. The van der Waals surface area contributed by atoms with Crippen LogP contribution in [0.25, 0.3) is 5.82 Å². The molecule has 3 aromatic heterocycles. The second-order valence-corrected chi connectivity index (χ2v) is 6.41. The van der Waals surface area contributed by atoms with E-state index in [1.807, 2.05) is 45.9 Å². The second kappa shape index (κ2) is 6.88. The first-order chi connectivity index (χ1) is 11.9. The summed E-state index contributed by atoms with van der Waals surface area (Å²) >= 11 is 0. The fourth-order valence-electron chi connectivity index (χ4n) is 2.53. The Hall–Kier alpha value is -2.96. The molecule has 7 nitrogen and oxygen atoms in total. The minimum atomic E-state index is -0.203. The molecule has 0 aliphatic carbocycles. The third-order valence-electron chi connectivity index (χ3n) is 3.94. The number of carbonyl (C=O) groups excluding carboxylic acids is 1. The van der Waals surface area contributed by atoms with Gasteiger partial charge in [0.25, 0.3) is 5.91 Å². The molecule has 0 aliphatic rings. The van der Waals surface area contributed by atoms with Crippen LogP contribution in [-0.4, -0.2) is 30.9 Å². The fraction of sp³-hybridized carbons (Fsp3) is 0.333. The van der Waals surface area contributed by atoms with Crippen LogP contribution in [0.2, 0.25) is 0 Å². The zero-order valence-corrected chi connectivity index (χ0v) is 14.9. The Bertz CT molecular complexity index is 875. The predicted octanol–water partition coefficient (Wildman–Crippen LogP) is 2.66. The quantitative estimate of drug-likeness (QED) is 0.748. The average molecular weight is 338 g/mol. The Morgan fingerprint density at radius 2 is 2.08 bits per heavy atom. The Balaban J connectivity index is 1.63. The third kappa shape index (κ3) is 3.76. The Morgan fingerprint density at radius 1 is 1.28 bits per heavy atom. The Labute approximate surface area is 146 Å². The first-order valence-electron chi connectivity index (χ1n) is 8.26. The van der Waals surface area contributed by atoms with Gasteiger partial charge in [0, 0.05) is 24.1 Å².